The van der Waals surface area contributed by atoms with Crippen LogP contribution in [-0.2, 0) is 4.79 Å². The van der Waals surface area contributed by atoms with Gasteiger partial charge in [0.15, 0.2) is 0 Å². The average molecular weight is 337 g/mol. The lowest BCUT2D eigenvalue weighted by atomic mass is 9.98. The quantitative estimate of drug-likeness (QED) is 0.736. The molecule has 0 spiro atoms. The SMILES string of the molecule is Cc1ccccc1-c1cc(=O)oc2cc(N(C)[C@@H](C)C(=O)O)ccc12. The number of hydrogen-bond acceptors (Lipinski definition) is 4. The minimum absolute atomic E-state index is 0.433. The van der Waals surface area contributed by atoms with Crippen LogP contribution < -0.4 is 10.5 Å². The fraction of sp³-hybridized carbons (Fsp3) is 0.200. The van der Waals surface area contributed by atoms with Crippen LogP contribution in [-0.4, -0.2) is 24.2 Å². The number of aryl methyl sites for hydroxylation is 1. The maximum atomic E-state index is 12.0. The van der Waals surface area contributed by atoms with Crippen molar-refractivity contribution in [3.05, 3.63) is 64.5 Å². The maximum absolute atomic E-state index is 12.0. The lowest BCUT2D eigenvalue weighted by molar-refractivity contribution is -0.138. The number of carbonyl (C=O) groups is 1. The third-order valence-electron chi connectivity index (χ3n) is 4.51. The second kappa shape index (κ2) is 6.43. The Kier molecular flexibility index (Phi) is 4.31. The van der Waals surface area contributed by atoms with E-state index in [4.69, 9.17) is 4.42 Å². The van der Waals surface area contributed by atoms with Crippen LogP contribution in [0.15, 0.2) is 57.7 Å². The Morgan fingerprint density at radius 3 is 2.52 bits per heavy atom. The molecule has 3 aromatic rings. The molecule has 1 heterocycles. The van der Waals surface area contributed by atoms with Gasteiger partial charge in [-0.3, -0.25) is 0 Å². The Bertz CT molecular complexity index is 1010. The van der Waals surface area contributed by atoms with E-state index in [0.717, 1.165) is 22.1 Å². The number of fused-ring (bicyclic) bond motifs is 1. The van der Waals surface area contributed by atoms with Crippen LogP contribution in [0.3, 0.4) is 0 Å². The van der Waals surface area contributed by atoms with Gasteiger partial charge in [0, 0.05) is 35.8 Å². The van der Waals surface area contributed by atoms with Gasteiger partial charge in [-0.2, -0.15) is 0 Å². The van der Waals surface area contributed by atoms with E-state index in [0.29, 0.717) is 11.3 Å². The predicted molar refractivity (Wildman–Crippen MR) is 98.2 cm³/mol. The predicted octanol–water partition coefficient (Wildman–Crippen LogP) is 3.68. The summed E-state index contributed by atoms with van der Waals surface area (Å²) in [5.74, 6) is -0.919. The molecule has 0 aliphatic heterocycles. The molecule has 2 aromatic carbocycles. The van der Waals surface area contributed by atoms with E-state index in [1.807, 2.05) is 43.3 Å². The molecule has 128 valence electrons. The van der Waals surface area contributed by atoms with Gasteiger partial charge >= 0.3 is 11.6 Å². The van der Waals surface area contributed by atoms with Gasteiger partial charge in [0.1, 0.15) is 11.6 Å². The Morgan fingerprint density at radius 2 is 1.84 bits per heavy atom. The van der Waals surface area contributed by atoms with Crippen LogP contribution in [0.1, 0.15) is 12.5 Å². The summed E-state index contributed by atoms with van der Waals surface area (Å²) in [6, 6.07) is 14.0. The molecule has 0 saturated heterocycles. The van der Waals surface area contributed by atoms with E-state index in [9.17, 15) is 14.7 Å². The lowest BCUT2D eigenvalue weighted by Gasteiger charge is -2.23. The molecule has 0 amide bonds. The van der Waals surface area contributed by atoms with E-state index in [1.54, 1.807) is 24.9 Å². The number of anilines is 1. The van der Waals surface area contributed by atoms with Gasteiger partial charge in [0.2, 0.25) is 0 Å². The van der Waals surface area contributed by atoms with E-state index < -0.39 is 17.6 Å². The van der Waals surface area contributed by atoms with E-state index >= 15 is 0 Å². The van der Waals surface area contributed by atoms with E-state index in [-0.39, 0.29) is 0 Å². The monoisotopic (exact) mass is 337 g/mol. The first-order valence-corrected chi connectivity index (χ1v) is 7.98. The van der Waals surface area contributed by atoms with Crippen LogP contribution in [0.5, 0.6) is 0 Å². The zero-order valence-electron chi connectivity index (χ0n) is 14.3. The maximum Gasteiger partial charge on any atom is 0.336 e. The van der Waals surface area contributed by atoms with Gasteiger partial charge in [0.25, 0.3) is 0 Å². The summed E-state index contributed by atoms with van der Waals surface area (Å²) in [7, 11) is 1.70. The highest BCUT2D eigenvalue weighted by Gasteiger charge is 2.18. The summed E-state index contributed by atoms with van der Waals surface area (Å²) in [6.07, 6.45) is 0. The van der Waals surface area contributed by atoms with Gasteiger partial charge < -0.3 is 14.4 Å². The molecule has 0 aliphatic rings. The highest BCUT2D eigenvalue weighted by molar-refractivity contribution is 5.95. The van der Waals surface area contributed by atoms with Crippen molar-refractivity contribution in [1.82, 2.24) is 0 Å². The van der Waals surface area contributed by atoms with Crippen molar-refractivity contribution in [3.8, 4) is 11.1 Å². The first kappa shape index (κ1) is 16.8. The third-order valence-corrected chi connectivity index (χ3v) is 4.51. The van der Waals surface area contributed by atoms with Crippen molar-refractivity contribution in [3.63, 3.8) is 0 Å². The molecule has 5 nitrogen and oxygen atoms in total. The van der Waals surface area contributed by atoms with Crippen LogP contribution >= 0.6 is 0 Å². The van der Waals surface area contributed by atoms with Crippen molar-refractivity contribution in [2.24, 2.45) is 0 Å². The van der Waals surface area contributed by atoms with Crippen molar-refractivity contribution in [2.45, 2.75) is 19.9 Å². The van der Waals surface area contributed by atoms with E-state index in [2.05, 4.69) is 0 Å². The molecular formula is C20H19NO4. The van der Waals surface area contributed by atoms with Gasteiger partial charge in [-0.25, -0.2) is 9.59 Å². The molecule has 0 radical (unpaired) electrons. The average Bonchev–Trinajstić information content (AvgIpc) is 2.59. The molecule has 5 heteroatoms. The summed E-state index contributed by atoms with van der Waals surface area (Å²) in [6.45, 7) is 3.60. The largest absolute Gasteiger partial charge is 0.480 e. The van der Waals surface area contributed by atoms with Crippen molar-refractivity contribution < 1.29 is 14.3 Å². The third kappa shape index (κ3) is 3.13. The molecule has 25 heavy (non-hydrogen) atoms. The van der Waals surface area contributed by atoms with Crippen LogP contribution in [0.2, 0.25) is 0 Å². The van der Waals surface area contributed by atoms with Gasteiger partial charge in [-0.05, 0) is 37.1 Å². The van der Waals surface area contributed by atoms with Crippen LogP contribution in [0, 0.1) is 6.92 Å². The smallest absolute Gasteiger partial charge is 0.336 e. The molecule has 0 saturated carbocycles. The first-order valence-electron chi connectivity index (χ1n) is 7.98. The Labute approximate surface area is 145 Å². The van der Waals surface area contributed by atoms with Crippen molar-refractivity contribution >= 4 is 22.6 Å². The first-order chi connectivity index (χ1) is 11.9. The van der Waals surface area contributed by atoms with E-state index in [1.165, 1.54) is 6.07 Å². The molecule has 0 bridgehead atoms. The number of aliphatic carboxylic acids is 1. The molecular weight excluding hydrogens is 318 g/mol. The second-order valence-electron chi connectivity index (χ2n) is 6.10. The minimum atomic E-state index is -0.919. The second-order valence-corrected chi connectivity index (χ2v) is 6.10. The van der Waals surface area contributed by atoms with Crippen LogP contribution in [0.4, 0.5) is 5.69 Å². The number of benzene rings is 2. The molecule has 0 aliphatic carbocycles. The molecule has 3 rings (SSSR count). The highest BCUT2D eigenvalue weighted by Crippen LogP contribution is 2.31. The Morgan fingerprint density at radius 1 is 1.12 bits per heavy atom. The molecule has 1 N–H and O–H groups in total. The topological polar surface area (TPSA) is 70.8 Å². The number of hydrogen-bond donors (Lipinski definition) is 1. The molecule has 1 aromatic heterocycles. The fourth-order valence-electron chi connectivity index (χ4n) is 2.86. The van der Waals surface area contributed by atoms with Crippen molar-refractivity contribution in [2.75, 3.05) is 11.9 Å². The van der Waals surface area contributed by atoms with Gasteiger partial charge in [-0.1, -0.05) is 24.3 Å². The number of nitrogens with zero attached hydrogens (tertiary/aromatic N) is 1. The molecule has 1 atom stereocenters. The normalized spacial score (nSPS) is 12.1. The highest BCUT2D eigenvalue weighted by atomic mass is 16.4. The Hall–Kier alpha value is -3.08. The summed E-state index contributed by atoms with van der Waals surface area (Å²) >= 11 is 0. The van der Waals surface area contributed by atoms with Crippen LogP contribution in [0.25, 0.3) is 22.1 Å². The zero-order chi connectivity index (χ0) is 18.1. The number of likely N-dealkylation sites (N-methyl/N-ethyl adjacent to an activating group) is 1. The lowest BCUT2D eigenvalue weighted by Crippen LogP contribution is -2.35. The minimum Gasteiger partial charge on any atom is -0.480 e. The zero-order valence-corrected chi connectivity index (χ0v) is 14.3. The number of rotatable bonds is 4. The van der Waals surface area contributed by atoms with Gasteiger partial charge in [-0.15, -0.1) is 0 Å². The Balaban J connectivity index is 2.18. The van der Waals surface area contributed by atoms with Gasteiger partial charge in [0.05, 0.1) is 0 Å². The standard InChI is InChI=1S/C20H19NO4/c1-12-6-4-5-7-15(12)17-11-19(22)25-18-10-14(8-9-16(17)18)21(3)13(2)20(23)24/h4-11,13H,1-3H3,(H,23,24)/t13-/m0/s1. The molecule has 0 unspecified atom stereocenters. The molecule has 0 fully saturated rings. The number of carboxylic acids is 1. The van der Waals surface area contributed by atoms with Crippen molar-refractivity contribution in [1.29, 1.82) is 0 Å². The summed E-state index contributed by atoms with van der Waals surface area (Å²) in [5.41, 5.74) is 3.53. The summed E-state index contributed by atoms with van der Waals surface area (Å²) < 4.78 is 5.37. The summed E-state index contributed by atoms with van der Waals surface area (Å²) in [5, 5.41) is 9.99. The fourth-order valence-corrected chi connectivity index (χ4v) is 2.86. The summed E-state index contributed by atoms with van der Waals surface area (Å²) in [4.78, 5) is 24.9. The number of carboxylic acid groups (broad SMARTS) is 1.